The molecule has 1 aromatic carbocycles. The van der Waals surface area contributed by atoms with Gasteiger partial charge in [0.2, 0.25) is 10.0 Å². The molecule has 0 bridgehead atoms. The first kappa shape index (κ1) is 21.3. The Morgan fingerprint density at radius 2 is 1.86 bits per heavy atom. The maximum Gasteiger partial charge on any atom is 0.433 e. The molecule has 11 heteroatoms. The number of sulfonamides is 1. The number of halogens is 3. The van der Waals surface area contributed by atoms with Gasteiger partial charge in [0.05, 0.1) is 23.7 Å². The summed E-state index contributed by atoms with van der Waals surface area (Å²) in [5.41, 5.74) is -0.322. The van der Waals surface area contributed by atoms with Crippen molar-refractivity contribution in [3.63, 3.8) is 0 Å². The molecular formula is C18H18F3NO6S. The van der Waals surface area contributed by atoms with Crippen LogP contribution < -0.4 is 0 Å². The predicted molar refractivity (Wildman–Crippen MR) is 93.7 cm³/mol. The Bertz CT molecular complexity index is 979. The normalized spacial score (nSPS) is 17.1. The number of carbonyl (C=O) groups is 1. The van der Waals surface area contributed by atoms with Crippen LogP contribution in [0.4, 0.5) is 13.2 Å². The number of morpholine rings is 1. The van der Waals surface area contributed by atoms with E-state index in [0.717, 1.165) is 12.1 Å². The maximum atomic E-state index is 13.4. The fraction of sp³-hybridized carbons (Fsp3) is 0.389. The van der Waals surface area contributed by atoms with E-state index in [1.165, 1.54) is 35.5 Å². The third-order valence-electron chi connectivity index (χ3n) is 4.22. The zero-order valence-corrected chi connectivity index (χ0v) is 16.1. The molecule has 7 nitrogen and oxygen atoms in total. The Kier molecular flexibility index (Phi) is 6.01. The van der Waals surface area contributed by atoms with Crippen molar-refractivity contribution in [3.05, 3.63) is 53.5 Å². The van der Waals surface area contributed by atoms with E-state index in [9.17, 15) is 26.4 Å². The van der Waals surface area contributed by atoms with Crippen molar-refractivity contribution in [3.8, 4) is 0 Å². The van der Waals surface area contributed by atoms with Crippen molar-refractivity contribution in [1.82, 2.24) is 4.31 Å². The van der Waals surface area contributed by atoms with Crippen molar-refractivity contribution >= 4 is 16.0 Å². The minimum absolute atomic E-state index is 0.144. The van der Waals surface area contributed by atoms with Crippen molar-refractivity contribution < 1.29 is 40.3 Å². The standard InChI is InChI=1S/C18H18F3NO6S/c1-12-5-6-15(27-12)16(18(19,20)21)28-17(23)13-3-2-4-14(11-13)29(24,25)22-7-9-26-10-8-22/h2-6,11,16H,7-10H2,1H3/t16-/m1/s1. The minimum atomic E-state index is -4.91. The minimum Gasteiger partial charge on any atom is -0.462 e. The highest BCUT2D eigenvalue weighted by Crippen LogP contribution is 2.37. The first-order chi connectivity index (χ1) is 13.6. The number of aryl methyl sites for hydroxylation is 1. The van der Waals surface area contributed by atoms with Gasteiger partial charge in [-0.25, -0.2) is 13.2 Å². The molecule has 0 unspecified atom stereocenters. The average Bonchev–Trinajstić information content (AvgIpc) is 3.11. The monoisotopic (exact) mass is 433 g/mol. The maximum absolute atomic E-state index is 13.4. The molecule has 1 atom stereocenters. The largest absolute Gasteiger partial charge is 0.462 e. The van der Waals surface area contributed by atoms with Gasteiger partial charge >= 0.3 is 12.1 Å². The molecule has 1 saturated heterocycles. The number of rotatable bonds is 5. The molecule has 1 fully saturated rings. The second kappa shape index (κ2) is 8.17. The van der Waals surface area contributed by atoms with Gasteiger partial charge in [-0.15, -0.1) is 0 Å². The number of benzene rings is 1. The smallest absolute Gasteiger partial charge is 0.433 e. The van der Waals surface area contributed by atoms with Gasteiger partial charge in [0, 0.05) is 13.1 Å². The third kappa shape index (κ3) is 4.80. The number of hydrogen-bond acceptors (Lipinski definition) is 6. The van der Waals surface area contributed by atoms with Crippen LogP contribution in [0.3, 0.4) is 0 Å². The third-order valence-corrected chi connectivity index (χ3v) is 6.11. The molecule has 1 aliphatic heterocycles. The molecule has 29 heavy (non-hydrogen) atoms. The zero-order chi connectivity index (χ0) is 21.2. The molecule has 0 spiro atoms. The lowest BCUT2D eigenvalue weighted by Crippen LogP contribution is -2.40. The van der Waals surface area contributed by atoms with E-state index in [0.29, 0.717) is 0 Å². The fourth-order valence-electron chi connectivity index (χ4n) is 2.78. The molecule has 1 aromatic heterocycles. The van der Waals surface area contributed by atoms with Crippen LogP contribution in [0.5, 0.6) is 0 Å². The van der Waals surface area contributed by atoms with Gasteiger partial charge in [-0.2, -0.15) is 17.5 Å². The van der Waals surface area contributed by atoms with E-state index in [-0.39, 0.29) is 42.5 Å². The number of alkyl halides is 3. The first-order valence-corrected chi connectivity index (χ1v) is 10.0. The Morgan fingerprint density at radius 1 is 1.17 bits per heavy atom. The Labute approximate surface area is 165 Å². The lowest BCUT2D eigenvalue weighted by Gasteiger charge is -2.26. The molecular weight excluding hydrogens is 415 g/mol. The second-order valence-electron chi connectivity index (χ2n) is 6.32. The summed E-state index contributed by atoms with van der Waals surface area (Å²) >= 11 is 0. The summed E-state index contributed by atoms with van der Waals surface area (Å²) in [6.07, 6.45) is -7.51. The van der Waals surface area contributed by atoms with Gasteiger partial charge in [0.1, 0.15) is 5.76 Å². The van der Waals surface area contributed by atoms with Crippen LogP contribution >= 0.6 is 0 Å². The lowest BCUT2D eigenvalue weighted by atomic mass is 10.2. The van der Waals surface area contributed by atoms with Crippen LogP contribution in [-0.4, -0.2) is 51.2 Å². The average molecular weight is 433 g/mol. The zero-order valence-electron chi connectivity index (χ0n) is 15.3. The lowest BCUT2D eigenvalue weighted by molar-refractivity contribution is -0.212. The number of furan rings is 1. The van der Waals surface area contributed by atoms with Gasteiger partial charge in [-0.05, 0) is 37.3 Å². The highest BCUT2D eigenvalue weighted by atomic mass is 32.2. The molecule has 0 aliphatic carbocycles. The summed E-state index contributed by atoms with van der Waals surface area (Å²) in [6.45, 7) is 2.21. The summed E-state index contributed by atoms with van der Waals surface area (Å²) in [5, 5.41) is 0. The molecule has 0 saturated carbocycles. The number of esters is 1. The Morgan fingerprint density at radius 3 is 2.45 bits per heavy atom. The second-order valence-corrected chi connectivity index (χ2v) is 8.26. The van der Waals surface area contributed by atoms with Crippen LogP contribution in [0.15, 0.2) is 45.7 Å². The summed E-state index contributed by atoms with van der Waals surface area (Å²) in [6, 6.07) is 7.09. The summed E-state index contributed by atoms with van der Waals surface area (Å²) in [4.78, 5) is 12.1. The number of hydrogen-bond donors (Lipinski definition) is 0. The van der Waals surface area contributed by atoms with Crippen molar-refractivity contribution in [2.75, 3.05) is 26.3 Å². The molecule has 2 aromatic rings. The van der Waals surface area contributed by atoms with E-state index in [4.69, 9.17) is 9.15 Å². The van der Waals surface area contributed by atoms with E-state index in [1.54, 1.807) is 0 Å². The van der Waals surface area contributed by atoms with Gasteiger partial charge < -0.3 is 13.9 Å². The summed E-state index contributed by atoms with van der Waals surface area (Å²) in [5.74, 6) is -1.66. The summed E-state index contributed by atoms with van der Waals surface area (Å²) in [7, 11) is -3.92. The predicted octanol–water partition coefficient (Wildman–Crippen LogP) is 3.07. The molecule has 2 heterocycles. The highest BCUT2D eigenvalue weighted by molar-refractivity contribution is 7.89. The molecule has 0 N–H and O–H groups in total. The van der Waals surface area contributed by atoms with E-state index < -0.39 is 34.0 Å². The van der Waals surface area contributed by atoms with Gasteiger partial charge in [-0.1, -0.05) is 6.07 Å². The van der Waals surface area contributed by atoms with Crippen LogP contribution in [0.25, 0.3) is 0 Å². The van der Waals surface area contributed by atoms with Gasteiger partial charge in [0.25, 0.3) is 6.10 Å². The molecule has 1 aliphatic rings. The molecule has 3 rings (SSSR count). The quantitative estimate of drug-likeness (QED) is 0.674. The summed E-state index contributed by atoms with van der Waals surface area (Å²) < 4.78 is 81.3. The number of ether oxygens (including phenoxy) is 2. The molecule has 0 radical (unpaired) electrons. The number of nitrogens with zero attached hydrogens (tertiary/aromatic N) is 1. The Balaban J connectivity index is 1.85. The van der Waals surface area contributed by atoms with Crippen LogP contribution in [0, 0.1) is 6.92 Å². The van der Waals surface area contributed by atoms with Crippen molar-refractivity contribution in [2.45, 2.75) is 24.1 Å². The highest BCUT2D eigenvalue weighted by Gasteiger charge is 2.46. The van der Waals surface area contributed by atoms with Crippen LogP contribution in [-0.2, 0) is 19.5 Å². The van der Waals surface area contributed by atoms with Crippen LogP contribution in [0.1, 0.15) is 28.0 Å². The SMILES string of the molecule is Cc1ccc([C@@H](OC(=O)c2cccc(S(=O)(=O)N3CCOCC3)c2)C(F)(F)F)o1. The molecule has 158 valence electrons. The Hall–Kier alpha value is -2.37. The van der Waals surface area contributed by atoms with Crippen molar-refractivity contribution in [2.24, 2.45) is 0 Å². The van der Waals surface area contributed by atoms with E-state index >= 15 is 0 Å². The van der Waals surface area contributed by atoms with Gasteiger partial charge in [-0.3, -0.25) is 0 Å². The topological polar surface area (TPSA) is 86.1 Å². The fourth-order valence-corrected chi connectivity index (χ4v) is 4.23. The molecule has 0 amide bonds. The van der Waals surface area contributed by atoms with E-state index in [1.807, 2.05) is 0 Å². The van der Waals surface area contributed by atoms with Crippen molar-refractivity contribution in [1.29, 1.82) is 0 Å². The number of carbonyl (C=O) groups excluding carboxylic acids is 1. The van der Waals surface area contributed by atoms with Gasteiger partial charge in [0.15, 0.2) is 5.76 Å². The first-order valence-electron chi connectivity index (χ1n) is 8.61. The van der Waals surface area contributed by atoms with Crippen LogP contribution in [0.2, 0.25) is 0 Å². The van der Waals surface area contributed by atoms with E-state index in [2.05, 4.69) is 4.74 Å².